The van der Waals surface area contributed by atoms with Crippen molar-refractivity contribution in [1.82, 2.24) is 0 Å². The summed E-state index contributed by atoms with van der Waals surface area (Å²) < 4.78 is 19.3. The standard InChI is InChI=1S/C14H12BrFN2O3/c1-17-12-6-9(2-5-13(12)18(19)20)8-21-14-7-10(16)3-4-11(14)15/h2-7,17H,8H2,1H3. The van der Waals surface area contributed by atoms with E-state index in [2.05, 4.69) is 21.2 Å². The van der Waals surface area contributed by atoms with E-state index in [1.807, 2.05) is 0 Å². The highest BCUT2D eigenvalue weighted by Gasteiger charge is 2.13. The number of benzene rings is 2. The monoisotopic (exact) mass is 354 g/mol. The van der Waals surface area contributed by atoms with Gasteiger partial charge >= 0.3 is 0 Å². The summed E-state index contributed by atoms with van der Waals surface area (Å²) >= 11 is 3.27. The van der Waals surface area contributed by atoms with Crippen molar-refractivity contribution in [3.8, 4) is 5.75 Å². The number of rotatable bonds is 5. The lowest BCUT2D eigenvalue weighted by molar-refractivity contribution is -0.384. The van der Waals surface area contributed by atoms with Gasteiger partial charge in [0.25, 0.3) is 5.69 Å². The van der Waals surface area contributed by atoms with E-state index >= 15 is 0 Å². The van der Waals surface area contributed by atoms with Crippen LogP contribution >= 0.6 is 15.9 Å². The molecule has 0 aliphatic rings. The first kappa shape index (κ1) is 15.2. The molecule has 21 heavy (non-hydrogen) atoms. The molecule has 1 N–H and O–H groups in total. The zero-order valence-corrected chi connectivity index (χ0v) is 12.7. The molecule has 0 aliphatic heterocycles. The van der Waals surface area contributed by atoms with E-state index in [0.29, 0.717) is 15.9 Å². The van der Waals surface area contributed by atoms with Crippen LogP contribution in [-0.4, -0.2) is 12.0 Å². The Morgan fingerprint density at radius 1 is 1.33 bits per heavy atom. The molecular formula is C14H12BrFN2O3. The van der Waals surface area contributed by atoms with Crippen LogP contribution < -0.4 is 10.1 Å². The molecule has 0 fully saturated rings. The number of halogens is 2. The van der Waals surface area contributed by atoms with Gasteiger partial charge in [0.2, 0.25) is 0 Å². The minimum Gasteiger partial charge on any atom is -0.488 e. The maximum atomic E-state index is 13.1. The molecule has 7 heteroatoms. The summed E-state index contributed by atoms with van der Waals surface area (Å²) in [6.45, 7) is 0.175. The number of ether oxygens (including phenoxy) is 1. The predicted octanol–water partition coefficient (Wildman–Crippen LogP) is 4.12. The fourth-order valence-electron chi connectivity index (χ4n) is 1.78. The van der Waals surface area contributed by atoms with Crippen molar-refractivity contribution in [1.29, 1.82) is 0 Å². The second kappa shape index (κ2) is 6.53. The Morgan fingerprint density at radius 3 is 2.76 bits per heavy atom. The quantitative estimate of drug-likeness (QED) is 0.647. The van der Waals surface area contributed by atoms with E-state index in [1.54, 1.807) is 25.2 Å². The Hall–Kier alpha value is -2.15. The molecule has 0 saturated heterocycles. The molecule has 0 amide bonds. The summed E-state index contributed by atoms with van der Waals surface area (Å²) in [4.78, 5) is 10.4. The number of hydrogen-bond acceptors (Lipinski definition) is 4. The van der Waals surface area contributed by atoms with Crippen molar-refractivity contribution >= 4 is 27.3 Å². The molecule has 5 nitrogen and oxygen atoms in total. The third kappa shape index (κ3) is 3.69. The zero-order chi connectivity index (χ0) is 15.4. The summed E-state index contributed by atoms with van der Waals surface area (Å²) in [5, 5.41) is 13.6. The molecule has 0 aromatic heterocycles. The van der Waals surface area contributed by atoms with Gasteiger partial charge in [0.15, 0.2) is 0 Å². The smallest absolute Gasteiger partial charge is 0.292 e. The molecule has 0 spiro atoms. The van der Waals surface area contributed by atoms with E-state index in [1.165, 1.54) is 18.2 Å². The number of hydrogen-bond donors (Lipinski definition) is 1. The largest absolute Gasteiger partial charge is 0.488 e. The van der Waals surface area contributed by atoms with Gasteiger partial charge in [0, 0.05) is 19.2 Å². The highest BCUT2D eigenvalue weighted by Crippen LogP contribution is 2.28. The van der Waals surface area contributed by atoms with Crippen LogP contribution in [0.2, 0.25) is 0 Å². The third-order valence-corrected chi connectivity index (χ3v) is 3.47. The average Bonchev–Trinajstić information content (AvgIpc) is 2.47. The number of nitrogens with zero attached hydrogens (tertiary/aromatic N) is 1. The molecule has 0 atom stereocenters. The van der Waals surface area contributed by atoms with Crippen LogP contribution in [0.15, 0.2) is 40.9 Å². The van der Waals surface area contributed by atoms with Crippen LogP contribution in [-0.2, 0) is 6.61 Å². The Morgan fingerprint density at radius 2 is 2.10 bits per heavy atom. The van der Waals surface area contributed by atoms with Crippen molar-refractivity contribution in [2.75, 3.05) is 12.4 Å². The maximum Gasteiger partial charge on any atom is 0.292 e. The number of nitro benzene ring substituents is 1. The zero-order valence-electron chi connectivity index (χ0n) is 11.1. The molecule has 0 radical (unpaired) electrons. The minimum atomic E-state index is -0.459. The first-order valence-electron chi connectivity index (χ1n) is 6.04. The van der Waals surface area contributed by atoms with Crippen LogP contribution in [0.3, 0.4) is 0 Å². The highest BCUT2D eigenvalue weighted by molar-refractivity contribution is 9.10. The fraction of sp³-hybridized carbons (Fsp3) is 0.143. The van der Waals surface area contributed by atoms with Gasteiger partial charge in [0.05, 0.1) is 9.40 Å². The Labute approximate surface area is 129 Å². The minimum absolute atomic E-state index is 0.00631. The Kier molecular flexibility index (Phi) is 4.74. The molecule has 0 heterocycles. The second-order valence-corrected chi connectivity index (χ2v) is 5.08. The maximum absolute atomic E-state index is 13.1. The molecular weight excluding hydrogens is 343 g/mol. The highest BCUT2D eigenvalue weighted by atomic mass is 79.9. The van der Waals surface area contributed by atoms with E-state index in [9.17, 15) is 14.5 Å². The van der Waals surface area contributed by atoms with Gasteiger partial charge in [-0.25, -0.2) is 4.39 Å². The van der Waals surface area contributed by atoms with E-state index < -0.39 is 10.7 Å². The fourth-order valence-corrected chi connectivity index (χ4v) is 2.14. The van der Waals surface area contributed by atoms with Gasteiger partial charge in [0.1, 0.15) is 23.9 Å². The summed E-state index contributed by atoms with van der Waals surface area (Å²) in [5.74, 6) is -0.0211. The summed E-state index contributed by atoms with van der Waals surface area (Å²) in [7, 11) is 1.61. The molecule has 2 rings (SSSR count). The SMILES string of the molecule is CNc1cc(COc2cc(F)ccc2Br)ccc1[N+](=O)[O-]. The topological polar surface area (TPSA) is 64.4 Å². The molecule has 0 bridgehead atoms. The molecule has 0 unspecified atom stereocenters. The van der Waals surface area contributed by atoms with E-state index in [0.717, 1.165) is 5.56 Å². The van der Waals surface area contributed by atoms with Crippen LogP contribution in [0.4, 0.5) is 15.8 Å². The number of nitro groups is 1. The Bertz CT molecular complexity index is 679. The molecule has 0 saturated carbocycles. The number of nitrogens with one attached hydrogen (secondary N) is 1. The lowest BCUT2D eigenvalue weighted by Crippen LogP contribution is -2.01. The van der Waals surface area contributed by atoms with E-state index in [-0.39, 0.29) is 12.3 Å². The van der Waals surface area contributed by atoms with Crippen LogP contribution in [0.5, 0.6) is 5.75 Å². The Balaban J connectivity index is 2.17. The van der Waals surface area contributed by atoms with Crippen LogP contribution in [0.1, 0.15) is 5.56 Å². The van der Waals surface area contributed by atoms with Crippen LogP contribution in [0.25, 0.3) is 0 Å². The average molecular weight is 355 g/mol. The lowest BCUT2D eigenvalue weighted by Gasteiger charge is -2.10. The van der Waals surface area contributed by atoms with Gasteiger partial charge in [-0.05, 0) is 45.8 Å². The van der Waals surface area contributed by atoms with Gasteiger partial charge < -0.3 is 10.1 Å². The number of anilines is 1. The van der Waals surface area contributed by atoms with Crippen LogP contribution in [0, 0.1) is 15.9 Å². The first-order valence-corrected chi connectivity index (χ1v) is 6.83. The van der Waals surface area contributed by atoms with Gasteiger partial charge in [-0.1, -0.05) is 0 Å². The first-order chi connectivity index (χ1) is 10.0. The lowest BCUT2D eigenvalue weighted by atomic mass is 10.2. The van der Waals surface area contributed by atoms with Gasteiger partial charge in [-0.3, -0.25) is 10.1 Å². The molecule has 0 aliphatic carbocycles. The van der Waals surface area contributed by atoms with Crippen molar-refractivity contribution in [3.05, 3.63) is 62.4 Å². The van der Waals surface area contributed by atoms with E-state index in [4.69, 9.17) is 4.74 Å². The summed E-state index contributed by atoms with van der Waals surface area (Å²) in [5.41, 5.74) is 1.13. The molecule has 2 aromatic rings. The van der Waals surface area contributed by atoms with Crippen molar-refractivity contribution < 1.29 is 14.1 Å². The van der Waals surface area contributed by atoms with Crippen molar-refractivity contribution in [3.63, 3.8) is 0 Å². The summed E-state index contributed by atoms with van der Waals surface area (Å²) in [6, 6.07) is 8.79. The third-order valence-electron chi connectivity index (χ3n) is 2.81. The van der Waals surface area contributed by atoms with Crippen molar-refractivity contribution in [2.45, 2.75) is 6.61 Å². The van der Waals surface area contributed by atoms with Gasteiger partial charge in [-0.2, -0.15) is 0 Å². The summed E-state index contributed by atoms with van der Waals surface area (Å²) in [6.07, 6.45) is 0. The van der Waals surface area contributed by atoms with Crippen molar-refractivity contribution in [2.24, 2.45) is 0 Å². The normalized spacial score (nSPS) is 10.2. The molecule has 110 valence electrons. The van der Waals surface area contributed by atoms with Gasteiger partial charge in [-0.15, -0.1) is 0 Å². The molecule has 2 aromatic carbocycles. The second-order valence-electron chi connectivity index (χ2n) is 4.22. The predicted molar refractivity (Wildman–Crippen MR) is 81.1 cm³/mol.